The normalized spacial score (nSPS) is 11.4. The lowest BCUT2D eigenvalue weighted by atomic mass is 10.2. The van der Waals surface area contributed by atoms with Crippen LogP contribution in [0.15, 0.2) is 60.7 Å². The fourth-order valence-corrected chi connectivity index (χ4v) is 2.13. The van der Waals surface area contributed by atoms with Crippen molar-refractivity contribution in [3.63, 3.8) is 0 Å². The van der Waals surface area contributed by atoms with Gasteiger partial charge in [0.15, 0.2) is 6.04 Å². The van der Waals surface area contributed by atoms with Crippen LogP contribution in [0.3, 0.4) is 0 Å². The van der Waals surface area contributed by atoms with E-state index in [4.69, 9.17) is 9.47 Å². The summed E-state index contributed by atoms with van der Waals surface area (Å²) < 4.78 is 10.3. The number of carbonyl (C=O) groups is 2. The molecule has 0 spiro atoms. The van der Waals surface area contributed by atoms with Gasteiger partial charge >= 0.3 is 12.1 Å². The van der Waals surface area contributed by atoms with Crippen LogP contribution < -0.4 is 0 Å². The highest BCUT2D eigenvalue weighted by Gasteiger charge is 2.28. The van der Waals surface area contributed by atoms with Crippen molar-refractivity contribution in [2.45, 2.75) is 19.3 Å². The summed E-state index contributed by atoms with van der Waals surface area (Å²) in [4.78, 5) is 25.3. The van der Waals surface area contributed by atoms with Gasteiger partial charge in [-0.25, -0.2) is 9.59 Å². The molecule has 0 heterocycles. The zero-order valence-corrected chi connectivity index (χ0v) is 14.0. The second-order valence-corrected chi connectivity index (χ2v) is 5.44. The summed E-state index contributed by atoms with van der Waals surface area (Å²) in [5.41, 5.74) is 1.65. The summed E-state index contributed by atoms with van der Waals surface area (Å²) in [6, 6.07) is 17.2. The minimum Gasteiger partial charge on any atom is -0.459 e. The van der Waals surface area contributed by atoms with Gasteiger partial charge in [0.2, 0.25) is 0 Å². The molecular weight excluding hydrogens is 322 g/mol. The highest BCUT2D eigenvalue weighted by atomic mass is 16.6. The van der Waals surface area contributed by atoms with Gasteiger partial charge in [0, 0.05) is 7.05 Å². The molecule has 0 radical (unpaired) electrons. The molecule has 1 amide bonds. The van der Waals surface area contributed by atoms with Gasteiger partial charge in [-0.3, -0.25) is 4.90 Å². The highest BCUT2D eigenvalue weighted by molar-refractivity contribution is 5.81. The summed E-state index contributed by atoms with van der Waals surface area (Å²) in [5.74, 6) is -0.689. The molecule has 0 aliphatic heterocycles. The number of esters is 1. The van der Waals surface area contributed by atoms with Crippen molar-refractivity contribution < 1.29 is 24.2 Å². The summed E-state index contributed by atoms with van der Waals surface area (Å²) in [5, 5.41) is 9.45. The maximum Gasteiger partial charge on any atom is 0.410 e. The van der Waals surface area contributed by atoms with E-state index in [0.717, 1.165) is 16.0 Å². The van der Waals surface area contributed by atoms with Crippen LogP contribution in [0.2, 0.25) is 0 Å². The van der Waals surface area contributed by atoms with E-state index >= 15 is 0 Å². The number of benzene rings is 2. The largest absolute Gasteiger partial charge is 0.459 e. The van der Waals surface area contributed by atoms with Crippen LogP contribution in [0.4, 0.5) is 4.79 Å². The monoisotopic (exact) mass is 343 g/mol. The van der Waals surface area contributed by atoms with Crippen LogP contribution in [-0.4, -0.2) is 41.8 Å². The fourth-order valence-electron chi connectivity index (χ4n) is 2.13. The lowest BCUT2D eigenvalue weighted by Gasteiger charge is -2.24. The number of hydrogen-bond acceptors (Lipinski definition) is 5. The van der Waals surface area contributed by atoms with Crippen molar-refractivity contribution in [3.8, 4) is 0 Å². The minimum absolute atomic E-state index is 0.0725. The first-order chi connectivity index (χ1) is 12.1. The van der Waals surface area contributed by atoms with Crippen molar-refractivity contribution in [3.05, 3.63) is 71.8 Å². The zero-order valence-electron chi connectivity index (χ0n) is 14.0. The Morgan fingerprint density at radius 1 is 0.920 bits per heavy atom. The molecule has 0 aliphatic carbocycles. The Hall–Kier alpha value is -2.86. The van der Waals surface area contributed by atoms with Crippen LogP contribution >= 0.6 is 0 Å². The molecule has 0 aromatic heterocycles. The van der Waals surface area contributed by atoms with Crippen LogP contribution in [0, 0.1) is 0 Å². The quantitative estimate of drug-likeness (QED) is 0.781. The van der Waals surface area contributed by atoms with Gasteiger partial charge in [-0.15, -0.1) is 0 Å². The molecule has 0 bridgehead atoms. The van der Waals surface area contributed by atoms with E-state index in [9.17, 15) is 14.7 Å². The van der Waals surface area contributed by atoms with Crippen molar-refractivity contribution in [1.82, 2.24) is 4.90 Å². The number of rotatable bonds is 7. The highest BCUT2D eigenvalue weighted by Crippen LogP contribution is 2.08. The molecule has 1 N–H and O–H groups in total. The van der Waals surface area contributed by atoms with E-state index in [1.807, 2.05) is 60.7 Å². The van der Waals surface area contributed by atoms with E-state index in [0.29, 0.717) is 0 Å². The van der Waals surface area contributed by atoms with Gasteiger partial charge in [0.25, 0.3) is 0 Å². The van der Waals surface area contributed by atoms with Gasteiger partial charge in [0.1, 0.15) is 13.2 Å². The molecule has 2 aromatic carbocycles. The fraction of sp³-hybridized carbons (Fsp3) is 0.263. The molecule has 2 rings (SSSR count). The van der Waals surface area contributed by atoms with E-state index in [1.165, 1.54) is 7.05 Å². The number of aliphatic hydroxyl groups is 1. The molecule has 2 aromatic rings. The third-order valence-electron chi connectivity index (χ3n) is 3.63. The van der Waals surface area contributed by atoms with E-state index in [-0.39, 0.29) is 13.2 Å². The number of likely N-dealkylation sites (N-methyl/N-ethyl adjacent to an activating group) is 1. The Morgan fingerprint density at radius 3 is 1.88 bits per heavy atom. The molecule has 25 heavy (non-hydrogen) atoms. The molecule has 0 saturated heterocycles. The van der Waals surface area contributed by atoms with Crippen LogP contribution in [0.5, 0.6) is 0 Å². The van der Waals surface area contributed by atoms with Crippen LogP contribution in [0.25, 0.3) is 0 Å². The number of aliphatic hydroxyl groups excluding tert-OH is 1. The Balaban J connectivity index is 1.86. The Kier molecular flexibility index (Phi) is 6.98. The van der Waals surface area contributed by atoms with E-state index in [1.54, 1.807) is 0 Å². The summed E-state index contributed by atoms with van der Waals surface area (Å²) >= 11 is 0. The van der Waals surface area contributed by atoms with Crippen molar-refractivity contribution in [2.24, 2.45) is 0 Å². The van der Waals surface area contributed by atoms with Gasteiger partial charge < -0.3 is 14.6 Å². The first kappa shape index (κ1) is 18.5. The van der Waals surface area contributed by atoms with Crippen LogP contribution in [-0.2, 0) is 27.5 Å². The minimum atomic E-state index is -1.12. The maximum absolute atomic E-state index is 12.1. The number of nitrogens with zero attached hydrogens (tertiary/aromatic N) is 1. The number of hydrogen-bond donors (Lipinski definition) is 1. The molecule has 6 heteroatoms. The molecule has 0 unspecified atom stereocenters. The standard InChI is InChI=1S/C19H21NO5/c1-20(19(23)25-14-16-10-6-3-7-11-16)17(12-21)18(22)24-13-15-8-4-2-5-9-15/h2-11,17,21H,12-14H2,1H3/t17-/m0/s1. The average molecular weight is 343 g/mol. The summed E-state index contributed by atoms with van der Waals surface area (Å²) in [6.07, 6.45) is -0.709. The topological polar surface area (TPSA) is 76.1 Å². The van der Waals surface area contributed by atoms with Gasteiger partial charge in [-0.2, -0.15) is 0 Å². The Labute approximate surface area is 146 Å². The van der Waals surface area contributed by atoms with E-state index in [2.05, 4.69) is 0 Å². The summed E-state index contributed by atoms with van der Waals surface area (Å²) in [7, 11) is 1.39. The van der Waals surface area contributed by atoms with Gasteiger partial charge in [-0.1, -0.05) is 60.7 Å². The van der Waals surface area contributed by atoms with Crippen LogP contribution in [0.1, 0.15) is 11.1 Å². The second kappa shape index (κ2) is 9.44. The lowest BCUT2D eigenvalue weighted by Crippen LogP contribution is -2.45. The molecule has 1 atom stereocenters. The first-order valence-electron chi connectivity index (χ1n) is 7.86. The Morgan fingerprint density at radius 2 is 1.40 bits per heavy atom. The SMILES string of the molecule is CN(C(=O)OCc1ccccc1)[C@@H](CO)C(=O)OCc1ccccc1. The molecular formula is C19H21NO5. The van der Waals surface area contributed by atoms with Crippen molar-refractivity contribution in [1.29, 1.82) is 0 Å². The molecule has 0 saturated carbocycles. The zero-order chi connectivity index (χ0) is 18.1. The second-order valence-electron chi connectivity index (χ2n) is 5.44. The van der Waals surface area contributed by atoms with Crippen molar-refractivity contribution >= 4 is 12.1 Å². The number of carbonyl (C=O) groups excluding carboxylic acids is 2. The number of ether oxygens (including phenoxy) is 2. The molecule has 0 aliphatic rings. The average Bonchev–Trinajstić information content (AvgIpc) is 2.66. The lowest BCUT2D eigenvalue weighted by molar-refractivity contribution is -0.151. The molecule has 0 fully saturated rings. The molecule has 132 valence electrons. The number of amides is 1. The third kappa shape index (κ3) is 5.61. The Bertz CT molecular complexity index is 675. The van der Waals surface area contributed by atoms with Crippen molar-refractivity contribution in [2.75, 3.05) is 13.7 Å². The molecule has 6 nitrogen and oxygen atoms in total. The third-order valence-corrected chi connectivity index (χ3v) is 3.63. The van der Waals surface area contributed by atoms with Gasteiger partial charge in [-0.05, 0) is 11.1 Å². The predicted octanol–water partition coefficient (Wildman–Crippen LogP) is 2.36. The van der Waals surface area contributed by atoms with Gasteiger partial charge in [0.05, 0.1) is 6.61 Å². The summed E-state index contributed by atoms with van der Waals surface area (Å²) in [6.45, 7) is -0.394. The maximum atomic E-state index is 12.1. The van der Waals surface area contributed by atoms with E-state index < -0.39 is 24.7 Å². The predicted molar refractivity (Wildman–Crippen MR) is 91.5 cm³/mol. The first-order valence-corrected chi connectivity index (χ1v) is 7.86. The smallest absolute Gasteiger partial charge is 0.410 e.